The molecule has 3 aromatic rings. The van der Waals surface area contributed by atoms with Crippen molar-refractivity contribution < 1.29 is 24.9 Å². The molecule has 0 aliphatic carbocycles. The van der Waals surface area contributed by atoms with E-state index >= 15 is 0 Å². The van der Waals surface area contributed by atoms with Crippen molar-refractivity contribution >= 4 is 46.0 Å². The van der Waals surface area contributed by atoms with Gasteiger partial charge in [-0.3, -0.25) is 20.2 Å². The number of aryl methyl sites for hydroxylation is 1. The third-order valence-electron chi connectivity index (χ3n) is 4.36. The van der Waals surface area contributed by atoms with E-state index in [1.807, 2.05) is 0 Å². The molecule has 0 saturated carbocycles. The zero-order chi connectivity index (χ0) is 24.7. The molecule has 0 radical (unpaired) electrons. The van der Waals surface area contributed by atoms with Crippen LogP contribution < -0.4 is 11.1 Å². The third kappa shape index (κ3) is 6.31. The molecule has 172 valence electrons. The summed E-state index contributed by atoms with van der Waals surface area (Å²) in [6.07, 6.45) is 0.507. The average molecular weight is 475 g/mol. The van der Waals surface area contributed by atoms with E-state index in [1.54, 1.807) is 19.1 Å². The van der Waals surface area contributed by atoms with E-state index in [2.05, 4.69) is 5.32 Å². The highest BCUT2D eigenvalue weighted by Gasteiger charge is 2.17. The van der Waals surface area contributed by atoms with Gasteiger partial charge in [-0.25, -0.2) is 4.79 Å². The van der Waals surface area contributed by atoms with Crippen LogP contribution in [0.2, 0.25) is 5.02 Å². The molecule has 3 aromatic carbocycles. The molecule has 0 aliphatic rings. The van der Waals surface area contributed by atoms with Crippen molar-refractivity contribution in [1.82, 2.24) is 0 Å². The van der Waals surface area contributed by atoms with E-state index in [9.17, 15) is 30.1 Å². The topological polar surface area (TPSA) is 182 Å². The maximum atomic E-state index is 11.1. The Balaban J connectivity index is 0.000000257. The Morgan fingerprint density at radius 1 is 1.06 bits per heavy atom. The second kappa shape index (κ2) is 10.8. The monoisotopic (exact) mass is 474 g/mol. The van der Waals surface area contributed by atoms with Gasteiger partial charge in [0.25, 0.3) is 11.4 Å². The Hall–Kier alpha value is -4.38. The lowest BCUT2D eigenvalue weighted by molar-refractivity contribution is -0.384. The number of rotatable bonds is 6. The fourth-order valence-electron chi connectivity index (χ4n) is 2.74. The maximum absolute atomic E-state index is 11.1. The first-order valence-corrected chi connectivity index (χ1v) is 9.72. The minimum Gasteiger partial charge on any atom is -0.506 e. The number of nitrogens with zero attached hydrogens (tertiary/aromatic N) is 2. The first-order valence-electron chi connectivity index (χ1n) is 9.34. The van der Waals surface area contributed by atoms with Gasteiger partial charge in [0.05, 0.1) is 26.1 Å². The van der Waals surface area contributed by atoms with Crippen LogP contribution in [0.5, 0.6) is 5.75 Å². The predicted octanol–water partition coefficient (Wildman–Crippen LogP) is 5.14. The van der Waals surface area contributed by atoms with Crippen LogP contribution >= 0.6 is 11.6 Å². The number of aromatic carboxylic acids is 1. The van der Waals surface area contributed by atoms with Crippen LogP contribution in [-0.4, -0.2) is 26.0 Å². The fourth-order valence-corrected chi connectivity index (χ4v) is 2.98. The Labute approximate surface area is 192 Å². The average Bonchev–Trinajstić information content (AvgIpc) is 2.77. The van der Waals surface area contributed by atoms with Crippen molar-refractivity contribution in [3.63, 3.8) is 0 Å². The number of hydrogen-bond acceptors (Lipinski definition) is 8. The molecule has 0 saturated heterocycles. The number of carboxylic acids is 1. The number of carbonyl (C=O) groups is 1. The van der Waals surface area contributed by atoms with E-state index in [0.717, 1.165) is 6.07 Å². The molecule has 0 aromatic heterocycles. The maximum Gasteiger partial charge on any atom is 0.337 e. The van der Waals surface area contributed by atoms with E-state index < -0.39 is 15.8 Å². The number of phenols is 1. The van der Waals surface area contributed by atoms with Crippen LogP contribution in [-0.2, 0) is 6.42 Å². The number of anilines is 3. The number of carboxylic acid groups (broad SMARTS) is 1. The van der Waals surface area contributed by atoms with Crippen molar-refractivity contribution in [3.8, 4) is 5.75 Å². The SMILES string of the molecule is CCc1cc([N+](=O)[O-])cc(Cl)c1O.Nc1ccc(Nc2ccccc2C(=O)O)c([N+](=O)[O-])c1. The number of non-ortho nitro benzene ring substituents is 1. The van der Waals surface area contributed by atoms with Crippen molar-refractivity contribution in [2.24, 2.45) is 0 Å². The number of nitro benzene ring substituents is 2. The normalized spacial score (nSPS) is 10.0. The van der Waals surface area contributed by atoms with Gasteiger partial charge < -0.3 is 21.3 Å². The molecule has 5 N–H and O–H groups in total. The lowest BCUT2D eigenvalue weighted by atomic mass is 10.1. The van der Waals surface area contributed by atoms with Gasteiger partial charge in [0.15, 0.2) is 0 Å². The minimum absolute atomic E-state index is 0.0195. The fraction of sp³-hybridized carbons (Fsp3) is 0.0952. The molecule has 0 unspecified atom stereocenters. The zero-order valence-corrected chi connectivity index (χ0v) is 17.9. The summed E-state index contributed by atoms with van der Waals surface area (Å²) < 4.78 is 0. The highest BCUT2D eigenvalue weighted by molar-refractivity contribution is 6.32. The summed E-state index contributed by atoms with van der Waals surface area (Å²) in [5, 5.41) is 42.6. The van der Waals surface area contributed by atoms with Crippen molar-refractivity contribution in [2.75, 3.05) is 11.1 Å². The highest BCUT2D eigenvalue weighted by atomic mass is 35.5. The van der Waals surface area contributed by atoms with Crippen molar-refractivity contribution in [3.05, 3.63) is 91.0 Å². The third-order valence-corrected chi connectivity index (χ3v) is 4.65. The zero-order valence-electron chi connectivity index (χ0n) is 17.2. The van der Waals surface area contributed by atoms with Gasteiger partial charge in [-0.05, 0) is 30.7 Å². The number of halogens is 1. The lowest BCUT2D eigenvalue weighted by Gasteiger charge is -2.10. The molecule has 3 rings (SSSR count). The van der Waals surface area contributed by atoms with Gasteiger partial charge in [0.2, 0.25) is 0 Å². The standard InChI is InChI=1S/C13H11N3O4.C8H8ClNO3/c14-8-5-6-11(12(7-8)16(19)20)15-10-4-2-1-3-9(10)13(17)18;1-2-5-3-6(10(12)13)4-7(9)8(5)11/h1-7,15H,14H2,(H,17,18);3-4,11H,2H2,1H3. The number of hydrogen-bond donors (Lipinski definition) is 4. The summed E-state index contributed by atoms with van der Waals surface area (Å²) in [6, 6.07) is 12.8. The van der Waals surface area contributed by atoms with Gasteiger partial charge in [-0.2, -0.15) is 0 Å². The summed E-state index contributed by atoms with van der Waals surface area (Å²) in [5.41, 5.74) is 6.42. The van der Waals surface area contributed by atoms with Crippen LogP contribution in [0.15, 0.2) is 54.6 Å². The number of para-hydroxylation sites is 1. The summed E-state index contributed by atoms with van der Waals surface area (Å²) in [5.74, 6) is -1.19. The number of nitro groups is 2. The number of benzene rings is 3. The van der Waals surface area contributed by atoms with Crippen LogP contribution in [0.25, 0.3) is 0 Å². The minimum atomic E-state index is -1.12. The quantitative estimate of drug-likeness (QED) is 0.213. The van der Waals surface area contributed by atoms with E-state index in [4.69, 9.17) is 22.4 Å². The second-order valence-electron chi connectivity index (χ2n) is 6.56. The van der Waals surface area contributed by atoms with Crippen LogP contribution in [0.1, 0.15) is 22.8 Å². The first kappa shape index (κ1) is 24.9. The van der Waals surface area contributed by atoms with E-state index in [-0.39, 0.29) is 44.8 Å². The van der Waals surface area contributed by atoms with Gasteiger partial charge in [0, 0.05) is 29.4 Å². The molecule has 0 atom stereocenters. The van der Waals surface area contributed by atoms with Crippen LogP contribution in [0.4, 0.5) is 28.4 Å². The molecule has 0 amide bonds. The van der Waals surface area contributed by atoms with Crippen molar-refractivity contribution in [2.45, 2.75) is 13.3 Å². The molecule has 33 heavy (non-hydrogen) atoms. The van der Waals surface area contributed by atoms with Gasteiger partial charge in [0.1, 0.15) is 11.4 Å². The predicted molar refractivity (Wildman–Crippen MR) is 123 cm³/mol. The largest absolute Gasteiger partial charge is 0.506 e. The lowest BCUT2D eigenvalue weighted by Crippen LogP contribution is -2.04. The smallest absolute Gasteiger partial charge is 0.337 e. The molecule has 0 spiro atoms. The molecule has 0 aliphatic heterocycles. The van der Waals surface area contributed by atoms with Crippen molar-refractivity contribution in [1.29, 1.82) is 0 Å². The highest BCUT2D eigenvalue weighted by Crippen LogP contribution is 2.32. The van der Waals surface area contributed by atoms with Crippen LogP contribution in [0, 0.1) is 20.2 Å². The van der Waals surface area contributed by atoms with E-state index in [1.165, 1.54) is 36.4 Å². The summed E-state index contributed by atoms with van der Waals surface area (Å²) in [4.78, 5) is 31.3. The number of aromatic hydroxyl groups is 1. The summed E-state index contributed by atoms with van der Waals surface area (Å²) >= 11 is 5.59. The van der Waals surface area contributed by atoms with Gasteiger partial charge in [-0.15, -0.1) is 0 Å². The Kier molecular flexibility index (Phi) is 8.13. The number of nitrogens with one attached hydrogen (secondary N) is 1. The number of nitrogen functional groups attached to an aromatic ring is 1. The van der Waals surface area contributed by atoms with Gasteiger partial charge >= 0.3 is 5.97 Å². The molecule has 12 heteroatoms. The molecule has 0 fully saturated rings. The summed E-state index contributed by atoms with van der Waals surface area (Å²) in [7, 11) is 0. The van der Waals surface area contributed by atoms with E-state index in [0.29, 0.717) is 12.0 Å². The Bertz CT molecular complexity index is 1220. The molecular formula is C21H19ClN4O7. The second-order valence-corrected chi connectivity index (χ2v) is 6.96. The molecule has 0 bridgehead atoms. The van der Waals surface area contributed by atoms with Gasteiger partial charge in [-0.1, -0.05) is 30.7 Å². The molecule has 11 nitrogen and oxygen atoms in total. The number of phenolic OH excluding ortho intramolecular Hbond substituents is 1. The summed E-state index contributed by atoms with van der Waals surface area (Å²) in [6.45, 7) is 1.79. The Morgan fingerprint density at radius 2 is 1.73 bits per heavy atom. The van der Waals surface area contributed by atoms with Crippen LogP contribution in [0.3, 0.4) is 0 Å². The molecular weight excluding hydrogens is 456 g/mol. The number of nitrogens with two attached hydrogens (primary N) is 1. The molecule has 0 heterocycles. The first-order chi connectivity index (χ1) is 15.5. The Morgan fingerprint density at radius 3 is 2.30 bits per heavy atom.